The van der Waals surface area contributed by atoms with Crippen LogP contribution in [-0.4, -0.2) is 22.3 Å². The van der Waals surface area contributed by atoms with Gasteiger partial charge in [0.1, 0.15) is 0 Å². The van der Waals surface area contributed by atoms with Gasteiger partial charge in [-0.3, -0.25) is 4.79 Å². The quantitative estimate of drug-likeness (QED) is 0.893. The summed E-state index contributed by atoms with van der Waals surface area (Å²) in [7, 11) is 0. The lowest BCUT2D eigenvalue weighted by Gasteiger charge is -2.29. The Balaban J connectivity index is 1.72. The van der Waals surface area contributed by atoms with Crippen molar-refractivity contribution in [3.8, 4) is 0 Å². The molecule has 2 heterocycles. The van der Waals surface area contributed by atoms with Gasteiger partial charge in [-0.1, -0.05) is 24.3 Å². The van der Waals surface area contributed by atoms with Gasteiger partial charge in [-0.15, -0.1) is 0 Å². The number of amides is 1. The largest absolute Gasteiger partial charge is 0.362 e. The highest BCUT2D eigenvalue weighted by molar-refractivity contribution is 5.79. The first-order valence-electron chi connectivity index (χ1n) is 7.13. The molecule has 0 spiro atoms. The Kier molecular flexibility index (Phi) is 3.35. The number of rotatable bonds is 2. The Morgan fingerprint density at radius 3 is 2.70 bits per heavy atom. The lowest BCUT2D eigenvalue weighted by atomic mass is 9.99. The minimum atomic E-state index is 0.224. The van der Waals surface area contributed by atoms with Crippen LogP contribution < -0.4 is 0 Å². The highest BCUT2D eigenvalue weighted by Gasteiger charge is 2.21. The average molecular weight is 268 g/mol. The van der Waals surface area contributed by atoms with E-state index in [1.54, 1.807) is 0 Å². The molecule has 1 amide bonds. The first kappa shape index (κ1) is 13.0. The van der Waals surface area contributed by atoms with E-state index in [1.165, 1.54) is 11.1 Å². The predicted molar refractivity (Wildman–Crippen MR) is 79.5 cm³/mol. The van der Waals surface area contributed by atoms with Gasteiger partial charge in [0.2, 0.25) is 5.91 Å². The van der Waals surface area contributed by atoms with Crippen molar-refractivity contribution < 1.29 is 4.79 Å². The molecule has 3 heteroatoms. The van der Waals surface area contributed by atoms with Crippen LogP contribution in [0.1, 0.15) is 28.1 Å². The van der Waals surface area contributed by atoms with Crippen molar-refractivity contribution in [1.82, 2.24) is 9.88 Å². The van der Waals surface area contributed by atoms with E-state index in [0.717, 1.165) is 36.5 Å². The van der Waals surface area contributed by atoms with Crippen LogP contribution in [0.2, 0.25) is 0 Å². The summed E-state index contributed by atoms with van der Waals surface area (Å²) in [4.78, 5) is 17.7. The SMILES string of the molecule is Cc1cc(CC(=O)N2CCc3ccccc3C2)c(C)[nH]1. The van der Waals surface area contributed by atoms with Crippen LogP contribution >= 0.6 is 0 Å². The molecule has 1 aliphatic rings. The molecule has 0 aliphatic carbocycles. The second-order valence-corrected chi connectivity index (χ2v) is 5.61. The van der Waals surface area contributed by atoms with Crippen LogP contribution in [0.15, 0.2) is 30.3 Å². The fourth-order valence-electron chi connectivity index (χ4n) is 2.95. The zero-order chi connectivity index (χ0) is 14.1. The molecular formula is C17H20N2O. The van der Waals surface area contributed by atoms with E-state index in [1.807, 2.05) is 24.8 Å². The van der Waals surface area contributed by atoms with Crippen LogP contribution in [-0.2, 0) is 24.2 Å². The van der Waals surface area contributed by atoms with Gasteiger partial charge in [0.25, 0.3) is 0 Å². The number of carbonyl (C=O) groups is 1. The number of nitrogens with one attached hydrogen (secondary N) is 1. The maximum Gasteiger partial charge on any atom is 0.227 e. The van der Waals surface area contributed by atoms with Crippen LogP contribution in [0.5, 0.6) is 0 Å². The first-order chi connectivity index (χ1) is 9.63. The van der Waals surface area contributed by atoms with Crippen LogP contribution in [0.25, 0.3) is 0 Å². The Bertz CT molecular complexity index is 642. The molecule has 0 bridgehead atoms. The summed E-state index contributed by atoms with van der Waals surface area (Å²) in [6, 6.07) is 10.5. The van der Waals surface area contributed by atoms with E-state index in [9.17, 15) is 4.79 Å². The molecule has 20 heavy (non-hydrogen) atoms. The summed E-state index contributed by atoms with van der Waals surface area (Å²) < 4.78 is 0. The highest BCUT2D eigenvalue weighted by Crippen LogP contribution is 2.20. The fraction of sp³-hybridized carbons (Fsp3) is 0.353. The number of hydrogen-bond donors (Lipinski definition) is 1. The van der Waals surface area contributed by atoms with Crippen molar-refractivity contribution in [2.75, 3.05) is 6.54 Å². The second kappa shape index (κ2) is 5.16. The highest BCUT2D eigenvalue weighted by atomic mass is 16.2. The zero-order valence-electron chi connectivity index (χ0n) is 12.1. The number of aromatic amines is 1. The van der Waals surface area contributed by atoms with Gasteiger partial charge in [-0.05, 0) is 43.0 Å². The standard InChI is InChI=1S/C17H20N2O/c1-12-9-16(13(2)18-12)10-17(20)19-8-7-14-5-3-4-6-15(14)11-19/h3-6,9,18H,7-8,10-11H2,1-2H3. The summed E-state index contributed by atoms with van der Waals surface area (Å²) in [5.41, 5.74) is 6.01. The number of carbonyl (C=O) groups excluding carboxylic acids is 1. The van der Waals surface area contributed by atoms with Crippen LogP contribution in [0, 0.1) is 13.8 Å². The Labute approximate surface area is 119 Å². The third kappa shape index (κ3) is 2.48. The van der Waals surface area contributed by atoms with Crippen molar-refractivity contribution in [3.63, 3.8) is 0 Å². The Hall–Kier alpha value is -2.03. The molecular weight excluding hydrogens is 248 g/mol. The second-order valence-electron chi connectivity index (χ2n) is 5.61. The van der Waals surface area contributed by atoms with Crippen LogP contribution in [0.3, 0.4) is 0 Å². The number of fused-ring (bicyclic) bond motifs is 1. The van der Waals surface area contributed by atoms with Crippen molar-refractivity contribution in [3.05, 3.63) is 58.4 Å². The molecule has 0 saturated carbocycles. The maximum atomic E-state index is 12.5. The third-order valence-corrected chi connectivity index (χ3v) is 4.08. The zero-order valence-corrected chi connectivity index (χ0v) is 12.1. The normalized spacial score (nSPS) is 14.2. The minimum absolute atomic E-state index is 0.224. The molecule has 0 fully saturated rings. The van der Waals surface area contributed by atoms with Gasteiger partial charge in [0.15, 0.2) is 0 Å². The summed E-state index contributed by atoms with van der Waals surface area (Å²) in [6.07, 6.45) is 1.46. The van der Waals surface area contributed by atoms with E-state index < -0.39 is 0 Å². The Morgan fingerprint density at radius 2 is 2.00 bits per heavy atom. The summed E-state index contributed by atoms with van der Waals surface area (Å²) in [6.45, 7) is 5.63. The van der Waals surface area contributed by atoms with Gasteiger partial charge >= 0.3 is 0 Å². The fourth-order valence-corrected chi connectivity index (χ4v) is 2.95. The van der Waals surface area contributed by atoms with Crippen molar-refractivity contribution in [1.29, 1.82) is 0 Å². The van der Waals surface area contributed by atoms with E-state index >= 15 is 0 Å². The number of benzene rings is 1. The summed E-state index contributed by atoms with van der Waals surface area (Å²) in [5, 5.41) is 0. The smallest absolute Gasteiger partial charge is 0.227 e. The molecule has 2 aromatic rings. The van der Waals surface area contributed by atoms with Gasteiger partial charge in [-0.25, -0.2) is 0 Å². The lowest BCUT2D eigenvalue weighted by Crippen LogP contribution is -2.36. The number of H-pyrrole nitrogens is 1. The van der Waals surface area contributed by atoms with E-state index in [0.29, 0.717) is 6.42 Å². The third-order valence-electron chi connectivity index (χ3n) is 4.08. The molecule has 1 aromatic carbocycles. The van der Waals surface area contributed by atoms with E-state index in [-0.39, 0.29) is 5.91 Å². The van der Waals surface area contributed by atoms with Gasteiger partial charge < -0.3 is 9.88 Å². The number of nitrogens with zero attached hydrogens (tertiary/aromatic N) is 1. The van der Waals surface area contributed by atoms with Crippen molar-refractivity contribution in [2.24, 2.45) is 0 Å². The topological polar surface area (TPSA) is 36.1 Å². The molecule has 0 unspecified atom stereocenters. The molecule has 0 atom stereocenters. The van der Waals surface area contributed by atoms with Crippen LogP contribution in [0.4, 0.5) is 0 Å². The molecule has 0 saturated heterocycles. The molecule has 104 valence electrons. The van der Waals surface area contributed by atoms with E-state index in [4.69, 9.17) is 0 Å². The first-order valence-corrected chi connectivity index (χ1v) is 7.13. The number of aromatic nitrogens is 1. The summed E-state index contributed by atoms with van der Waals surface area (Å²) >= 11 is 0. The van der Waals surface area contributed by atoms with Crippen molar-refractivity contribution >= 4 is 5.91 Å². The predicted octanol–water partition coefficient (Wildman–Crippen LogP) is 2.76. The Morgan fingerprint density at radius 1 is 1.25 bits per heavy atom. The van der Waals surface area contributed by atoms with Gasteiger partial charge in [0.05, 0.1) is 6.42 Å². The molecule has 0 radical (unpaired) electrons. The van der Waals surface area contributed by atoms with E-state index in [2.05, 4.69) is 29.2 Å². The summed E-state index contributed by atoms with van der Waals surface area (Å²) in [5.74, 6) is 0.224. The molecule has 3 nitrogen and oxygen atoms in total. The molecule has 3 rings (SSSR count). The van der Waals surface area contributed by atoms with Gasteiger partial charge in [0, 0.05) is 24.5 Å². The molecule has 1 aromatic heterocycles. The monoisotopic (exact) mass is 268 g/mol. The van der Waals surface area contributed by atoms with Crippen molar-refractivity contribution in [2.45, 2.75) is 33.2 Å². The lowest BCUT2D eigenvalue weighted by molar-refractivity contribution is -0.131. The van der Waals surface area contributed by atoms with Gasteiger partial charge in [-0.2, -0.15) is 0 Å². The molecule has 1 N–H and O–H groups in total. The number of hydrogen-bond acceptors (Lipinski definition) is 1. The minimum Gasteiger partial charge on any atom is -0.362 e. The maximum absolute atomic E-state index is 12.5. The molecule has 1 aliphatic heterocycles. The number of aryl methyl sites for hydroxylation is 2. The average Bonchev–Trinajstić information content (AvgIpc) is 2.76.